The zero-order valence-corrected chi connectivity index (χ0v) is 16.0. The molecule has 0 radical (unpaired) electrons. The summed E-state index contributed by atoms with van der Waals surface area (Å²) >= 11 is 0. The number of hydrogen-bond donors (Lipinski definition) is 0. The van der Waals surface area contributed by atoms with Gasteiger partial charge in [0.2, 0.25) is 11.0 Å². The molecular weight excluding hydrogens is 450 g/mol. The molecule has 132 valence electrons. The maximum atomic E-state index is 12.9. The van der Waals surface area contributed by atoms with Crippen molar-refractivity contribution in [3.63, 3.8) is 0 Å². The van der Waals surface area contributed by atoms with E-state index in [2.05, 4.69) is 4.57 Å². The lowest BCUT2D eigenvalue weighted by molar-refractivity contribution is -0.617. The van der Waals surface area contributed by atoms with Crippen LogP contribution in [0.25, 0.3) is 32.9 Å². The van der Waals surface area contributed by atoms with Crippen molar-refractivity contribution in [1.29, 1.82) is 0 Å². The molecule has 0 aliphatic heterocycles. The number of benzene rings is 3. The molecular formula is C21H15F3IN. The van der Waals surface area contributed by atoms with Crippen molar-refractivity contribution in [3.05, 3.63) is 78.4 Å². The topological polar surface area (TPSA) is 3.88 Å². The minimum Gasteiger partial charge on any atom is -1.00 e. The van der Waals surface area contributed by atoms with Crippen LogP contribution >= 0.6 is 0 Å². The minimum atomic E-state index is -4.33. The quantitative estimate of drug-likeness (QED) is 0.231. The van der Waals surface area contributed by atoms with Crippen LogP contribution in [0, 0.1) is 0 Å². The Morgan fingerprint density at radius 1 is 0.692 bits per heavy atom. The summed E-state index contributed by atoms with van der Waals surface area (Å²) in [7, 11) is 2.00. The monoisotopic (exact) mass is 465 g/mol. The number of aromatic nitrogens is 1. The van der Waals surface area contributed by atoms with Gasteiger partial charge in [0, 0.05) is 17.7 Å². The van der Waals surface area contributed by atoms with E-state index in [4.69, 9.17) is 0 Å². The summed E-state index contributed by atoms with van der Waals surface area (Å²) in [6.07, 6.45) is -4.33. The minimum absolute atomic E-state index is 0. The van der Waals surface area contributed by atoms with Crippen molar-refractivity contribution in [1.82, 2.24) is 0 Å². The Hall–Kier alpha value is -2.15. The molecule has 0 bridgehead atoms. The molecule has 3 aromatic carbocycles. The maximum absolute atomic E-state index is 12.9. The van der Waals surface area contributed by atoms with Crippen molar-refractivity contribution in [3.8, 4) is 11.1 Å². The summed E-state index contributed by atoms with van der Waals surface area (Å²) in [4.78, 5) is 0. The number of aryl methyl sites for hydroxylation is 1. The van der Waals surface area contributed by atoms with Crippen LogP contribution in [-0.2, 0) is 13.2 Å². The van der Waals surface area contributed by atoms with E-state index >= 15 is 0 Å². The van der Waals surface area contributed by atoms with Gasteiger partial charge in [0.05, 0.1) is 16.3 Å². The fraction of sp³-hybridized carbons (Fsp3) is 0.0952. The molecule has 5 heteroatoms. The highest BCUT2D eigenvalue weighted by Gasteiger charge is 2.30. The summed E-state index contributed by atoms with van der Waals surface area (Å²) in [6, 6.07) is 21.3. The van der Waals surface area contributed by atoms with Crippen molar-refractivity contribution >= 4 is 21.8 Å². The second-order valence-electron chi connectivity index (χ2n) is 6.04. The van der Waals surface area contributed by atoms with Crippen LogP contribution in [0.4, 0.5) is 13.2 Å². The SMILES string of the molecule is C[n+]1c2ccccc2c(-c2ccc(C(F)(F)F)cc2)c2ccccc21.[I-]. The van der Waals surface area contributed by atoms with Gasteiger partial charge in [0.25, 0.3) is 0 Å². The third kappa shape index (κ3) is 3.05. The molecule has 4 aromatic rings. The number of halogens is 4. The highest BCUT2D eigenvalue weighted by atomic mass is 127. The van der Waals surface area contributed by atoms with Crippen molar-refractivity contribution in [2.24, 2.45) is 7.05 Å². The standard InChI is InChI=1S/C21H15F3N.HI/c1-25-18-8-4-2-6-16(18)20(17-7-3-5-9-19(17)25)14-10-12-15(13-11-14)21(22,23)24;/h2-13H,1H3;1H/q+1;/p-1. The number of rotatable bonds is 1. The van der Waals surface area contributed by atoms with Crippen molar-refractivity contribution < 1.29 is 41.7 Å². The first-order valence-corrected chi connectivity index (χ1v) is 7.94. The van der Waals surface area contributed by atoms with Gasteiger partial charge in [-0.15, -0.1) is 0 Å². The Balaban J connectivity index is 0.00000196. The normalized spacial score (nSPS) is 11.5. The van der Waals surface area contributed by atoms with Gasteiger partial charge in [-0.25, -0.2) is 0 Å². The number of pyridine rings is 1. The number of hydrogen-bond acceptors (Lipinski definition) is 0. The van der Waals surface area contributed by atoms with Crippen molar-refractivity contribution in [2.45, 2.75) is 6.18 Å². The van der Waals surface area contributed by atoms with E-state index in [-0.39, 0.29) is 24.0 Å². The lowest BCUT2D eigenvalue weighted by atomic mass is 9.95. The average Bonchev–Trinajstić information content (AvgIpc) is 2.62. The van der Waals surface area contributed by atoms with Crippen LogP contribution < -0.4 is 28.5 Å². The Bertz CT molecular complexity index is 1030. The summed E-state index contributed by atoms with van der Waals surface area (Å²) in [5.41, 5.74) is 3.18. The van der Waals surface area contributed by atoms with Gasteiger partial charge < -0.3 is 24.0 Å². The van der Waals surface area contributed by atoms with Gasteiger partial charge in [-0.3, -0.25) is 0 Å². The third-order valence-corrected chi connectivity index (χ3v) is 4.57. The zero-order chi connectivity index (χ0) is 17.6. The van der Waals surface area contributed by atoms with E-state index in [1.165, 1.54) is 0 Å². The van der Waals surface area contributed by atoms with E-state index in [1.807, 2.05) is 55.6 Å². The number of alkyl halides is 3. The summed E-state index contributed by atoms with van der Waals surface area (Å²) < 4.78 is 40.7. The highest BCUT2D eigenvalue weighted by molar-refractivity contribution is 6.07. The number of fused-ring (bicyclic) bond motifs is 2. The Labute approximate surface area is 166 Å². The first kappa shape index (κ1) is 18.6. The van der Waals surface area contributed by atoms with Gasteiger partial charge in [0.1, 0.15) is 7.05 Å². The van der Waals surface area contributed by atoms with Crippen molar-refractivity contribution in [2.75, 3.05) is 0 Å². The van der Waals surface area contributed by atoms with E-state index in [9.17, 15) is 13.2 Å². The fourth-order valence-electron chi connectivity index (χ4n) is 3.37. The Morgan fingerprint density at radius 3 is 1.62 bits per heavy atom. The lowest BCUT2D eigenvalue weighted by Crippen LogP contribution is -3.00. The Kier molecular flexibility index (Phi) is 4.92. The van der Waals surface area contributed by atoms with Crippen LogP contribution in [0.5, 0.6) is 0 Å². The molecule has 1 aromatic heterocycles. The zero-order valence-electron chi connectivity index (χ0n) is 13.9. The average molecular weight is 465 g/mol. The number of nitrogens with zero attached hydrogens (tertiary/aromatic N) is 1. The van der Waals surface area contributed by atoms with E-state index in [1.54, 1.807) is 12.1 Å². The summed E-state index contributed by atoms with van der Waals surface area (Å²) in [5.74, 6) is 0. The molecule has 0 atom stereocenters. The molecule has 0 saturated heterocycles. The van der Waals surface area contributed by atoms with Gasteiger partial charge in [-0.05, 0) is 29.8 Å². The molecule has 0 fully saturated rings. The van der Waals surface area contributed by atoms with E-state index in [0.717, 1.165) is 45.1 Å². The van der Waals surface area contributed by atoms with Gasteiger partial charge in [-0.1, -0.05) is 36.4 Å². The van der Waals surface area contributed by atoms with Gasteiger partial charge in [-0.2, -0.15) is 17.7 Å². The molecule has 0 aliphatic carbocycles. The van der Waals surface area contributed by atoms with Crippen LogP contribution in [0.2, 0.25) is 0 Å². The van der Waals surface area contributed by atoms with Crippen LogP contribution in [0.15, 0.2) is 72.8 Å². The smallest absolute Gasteiger partial charge is 0.416 e. The predicted molar refractivity (Wildman–Crippen MR) is 93.1 cm³/mol. The predicted octanol–water partition coefficient (Wildman–Crippen LogP) is 2.51. The molecule has 4 rings (SSSR count). The van der Waals surface area contributed by atoms with Gasteiger partial charge >= 0.3 is 6.18 Å². The second kappa shape index (κ2) is 6.87. The molecule has 0 saturated carbocycles. The fourth-order valence-corrected chi connectivity index (χ4v) is 3.37. The van der Waals surface area contributed by atoms with Crippen LogP contribution in [-0.4, -0.2) is 0 Å². The molecule has 0 spiro atoms. The summed E-state index contributed by atoms with van der Waals surface area (Å²) in [5, 5.41) is 2.03. The van der Waals surface area contributed by atoms with E-state index in [0.29, 0.717) is 0 Å². The molecule has 0 aliphatic rings. The summed E-state index contributed by atoms with van der Waals surface area (Å²) in [6.45, 7) is 0. The molecule has 26 heavy (non-hydrogen) atoms. The van der Waals surface area contributed by atoms with Crippen LogP contribution in [0.3, 0.4) is 0 Å². The first-order valence-electron chi connectivity index (χ1n) is 7.94. The molecule has 1 nitrogen and oxygen atoms in total. The largest absolute Gasteiger partial charge is 1.00 e. The molecule has 0 unspecified atom stereocenters. The van der Waals surface area contributed by atoms with Crippen LogP contribution in [0.1, 0.15) is 5.56 Å². The molecule has 0 N–H and O–H groups in total. The molecule has 0 amide bonds. The number of para-hydroxylation sites is 2. The first-order chi connectivity index (χ1) is 12.0. The lowest BCUT2D eigenvalue weighted by Gasteiger charge is -2.12. The van der Waals surface area contributed by atoms with Gasteiger partial charge in [0.15, 0.2) is 0 Å². The Morgan fingerprint density at radius 2 is 1.15 bits per heavy atom. The van der Waals surface area contributed by atoms with E-state index < -0.39 is 11.7 Å². The third-order valence-electron chi connectivity index (χ3n) is 4.57. The molecule has 1 heterocycles. The highest BCUT2D eigenvalue weighted by Crippen LogP contribution is 2.36. The maximum Gasteiger partial charge on any atom is 0.416 e. The second-order valence-corrected chi connectivity index (χ2v) is 6.04.